The highest BCUT2D eigenvalue weighted by Gasteiger charge is 2.29. The Labute approximate surface area is 199 Å². The summed E-state index contributed by atoms with van der Waals surface area (Å²) in [5.74, 6) is -0.301. The smallest absolute Gasteiger partial charge is 0.256 e. The fourth-order valence-corrected chi connectivity index (χ4v) is 5.31. The summed E-state index contributed by atoms with van der Waals surface area (Å²) < 4.78 is 15.2. The highest BCUT2D eigenvalue weighted by molar-refractivity contribution is 5.95. The number of nitrogens with zero attached hydrogens (tertiary/aromatic N) is 4. The van der Waals surface area contributed by atoms with E-state index >= 15 is 4.39 Å². The van der Waals surface area contributed by atoms with Gasteiger partial charge in [0, 0.05) is 61.4 Å². The van der Waals surface area contributed by atoms with E-state index in [1.807, 2.05) is 25.1 Å². The van der Waals surface area contributed by atoms with Crippen LogP contribution in [0.1, 0.15) is 41.7 Å². The number of anilines is 1. The number of carbonyl (C=O) groups is 1. The predicted octanol–water partition coefficient (Wildman–Crippen LogP) is 4.54. The van der Waals surface area contributed by atoms with Gasteiger partial charge in [-0.3, -0.25) is 14.7 Å². The van der Waals surface area contributed by atoms with Crippen LogP contribution in [0.5, 0.6) is 0 Å². The Kier molecular flexibility index (Phi) is 6.28. The van der Waals surface area contributed by atoms with Crippen molar-refractivity contribution in [1.82, 2.24) is 19.8 Å². The molecule has 3 aromatic rings. The minimum Gasteiger partial charge on any atom is -0.384 e. The molecule has 1 aliphatic carbocycles. The maximum Gasteiger partial charge on any atom is 0.256 e. The predicted molar refractivity (Wildman–Crippen MR) is 132 cm³/mol. The molecule has 5 rings (SSSR count). The van der Waals surface area contributed by atoms with Gasteiger partial charge < -0.3 is 10.6 Å². The molecule has 0 spiro atoms. The molecule has 0 radical (unpaired) electrons. The van der Waals surface area contributed by atoms with Crippen molar-refractivity contribution in [2.45, 2.75) is 38.6 Å². The van der Waals surface area contributed by atoms with E-state index in [2.05, 4.69) is 14.9 Å². The summed E-state index contributed by atoms with van der Waals surface area (Å²) in [6.07, 6.45) is 8.52. The van der Waals surface area contributed by atoms with Crippen molar-refractivity contribution in [3.8, 4) is 22.3 Å². The van der Waals surface area contributed by atoms with E-state index < -0.39 is 5.82 Å². The zero-order valence-electron chi connectivity index (χ0n) is 19.5. The first-order chi connectivity index (χ1) is 16.5. The molecule has 1 amide bonds. The minimum atomic E-state index is -0.503. The fraction of sp³-hybridized carbons (Fsp3) is 0.370. The van der Waals surface area contributed by atoms with E-state index in [1.165, 1.54) is 31.7 Å². The number of hydrogen-bond donors (Lipinski definition) is 1. The van der Waals surface area contributed by atoms with Crippen molar-refractivity contribution in [1.29, 1.82) is 0 Å². The molecule has 1 saturated heterocycles. The number of piperazine rings is 1. The molecule has 3 heterocycles. The molecule has 1 aromatic carbocycles. The van der Waals surface area contributed by atoms with Gasteiger partial charge in [0.05, 0.1) is 5.56 Å². The third kappa shape index (κ3) is 4.40. The number of nitrogens with two attached hydrogens (primary N) is 1. The fourth-order valence-electron chi connectivity index (χ4n) is 5.31. The van der Waals surface area contributed by atoms with Crippen molar-refractivity contribution in [2.24, 2.45) is 0 Å². The lowest BCUT2D eigenvalue weighted by Gasteiger charge is -2.38. The number of aryl methyl sites for hydroxylation is 1. The third-order valence-electron chi connectivity index (χ3n) is 7.17. The average molecular weight is 460 g/mol. The van der Waals surface area contributed by atoms with Gasteiger partial charge >= 0.3 is 0 Å². The first-order valence-electron chi connectivity index (χ1n) is 12.0. The molecule has 0 unspecified atom stereocenters. The average Bonchev–Trinajstić information content (AvgIpc) is 3.39. The number of pyridine rings is 2. The second kappa shape index (κ2) is 9.50. The lowest BCUT2D eigenvalue weighted by molar-refractivity contribution is 0.0569. The highest BCUT2D eigenvalue weighted by Crippen LogP contribution is 2.34. The van der Waals surface area contributed by atoms with Crippen LogP contribution in [-0.2, 0) is 0 Å². The summed E-state index contributed by atoms with van der Waals surface area (Å²) in [5.41, 5.74) is 9.93. The number of aromatic nitrogens is 2. The summed E-state index contributed by atoms with van der Waals surface area (Å²) >= 11 is 0. The van der Waals surface area contributed by atoms with Crippen LogP contribution in [-0.4, -0.2) is 57.9 Å². The Bertz CT molecular complexity index is 1180. The van der Waals surface area contributed by atoms with E-state index in [4.69, 9.17) is 5.73 Å². The van der Waals surface area contributed by atoms with Crippen LogP contribution in [0.4, 0.5) is 10.2 Å². The van der Waals surface area contributed by atoms with E-state index in [9.17, 15) is 4.79 Å². The van der Waals surface area contributed by atoms with Crippen molar-refractivity contribution >= 4 is 11.7 Å². The molecular formula is C27H30FN5O. The zero-order chi connectivity index (χ0) is 23.7. The first kappa shape index (κ1) is 22.5. The number of rotatable bonds is 4. The molecule has 2 N–H and O–H groups in total. The molecule has 0 bridgehead atoms. The standard InChI is InChI=1S/C27H30FN5O/c1-18-26(20-7-9-25(29)31-17-20)22(10-11-30-18)19-6-8-23(24(28)16-19)27(34)33-14-12-32(13-15-33)21-4-2-3-5-21/h6-11,16-17,21H,2-5,12-15H2,1H3,(H2,29,31). The first-order valence-corrected chi connectivity index (χ1v) is 12.0. The van der Waals surface area contributed by atoms with Gasteiger partial charge in [-0.05, 0) is 61.2 Å². The lowest BCUT2D eigenvalue weighted by atomic mass is 9.94. The monoisotopic (exact) mass is 459 g/mol. The van der Waals surface area contributed by atoms with Crippen LogP contribution in [0.15, 0.2) is 48.8 Å². The van der Waals surface area contributed by atoms with Gasteiger partial charge in [0.25, 0.3) is 5.91 Å². The molecule has 176 valence electrons. The van der Waals surface area contributed by atoms with Gasteiger partial charge in [-0.25, -0.2) is 9.37 Å². The molecule has 0 atom stereocenters. The summed E-state index contributed by atoms with van der Waals surface area (Å²) in [7, 11) is 0. The number of halogens is 1. The van der Waals surface area contributed by atoms with Crippen LogP contribution >= 0.6 is 0 Å². The SMILES string of the molecule is Cc1nccc(-c2ccc(C(=O)N3CCN(C4CCCC4)CC3)c(F)c2)c1-c1ccc(N)nc1. The molecule has 1 saturated carbocycles. The van der Waals surface area contributed by atoms with E-state index in [-0.39, 0.29) is 11.5 Å². The van der Waals surface area contributed by atoms with Gasteiger partial charge in [0.15, 0.2) is 0 Å². The Morgan fingerprint density at radius 1 is 1.00 bits per heavy atom. The summed E-state index contributed by atoms with van der Waals surface area (Å²) in [5, 5.41) is 0. The van der Waals surface area contributed by atoms with Crippen molar-refractivity contribution in [3.63, 3.8) is 0 Å². The number of hydrogen-bond acceptors (Lipinski definition) is 5. The Balaban J connectivity index is 1.37. The lowest BCUT2D eigenvalue weighted by Crippen LogP contribution is -2.51. The molecule has 7 heteroatoms. The van der Waals surface area contributed by atoms with E-state index in [0.29, 0.717) is 30.5 Å². The molecule has 1 aliphatic heterocycles. The molecule has 34 heavy (non-hydrogen) atoms. The van der Waals surface area contributed by atoms with Crippen LogP contribution < -0.4 is 5.73 Å². The number of carbonyl (C=O) groups excluding carboxylic acids is 1. The number of nitrogen functional groups attached to an aromatic ring is 1. The Morgan fingerprint density at radius 3 is 2.41 bits per heavy atom. The molecule has 2 aromatic heterocycles. The normalized spacial score (nSPS) is 17.3. The highest BCUT2D eigenvalue weighted by atomic mass is 19.1. The number of benzene rings is 1. The molecule has 2 fully saturated rings. The largest absolute Gasteiger partial charge is 0.384 e. The maximum atomic E-state index is 15.2. The molecular weight excluding hydrogens is 429 g/mol. The Hall–Kier alpha value is -3.32. The summed E-state index contributed by atoms with van der Waals surface area (Å²) in [4.78, 5) is 26.0. The maximum absolute atomic E-state index is 15.2. The van der Waals surface area contributed by atoms with Gasteiger partial charge in [0.2, 0.25) is 0 Å². The van der Waals surface area contributed by atoms with Crippen LogP contribution in [0.3, 0.4) is 0 Å². The number of amides is 1. The van der Waals surface area contributed by atoms with Crippen molar-refractivity contribution in [2.75, 3.05) is 31.9 Å². The van der Waals surface area contributed by atoms with Gasteiger partial charge in [-0.2, -0.15) is 0 Å². The van der Waals surface area contributed by atoms with Gasteiger partial charge in [0.1, 0.15) is 11.6 Å². The van der Waals surface area contributed by atoms with Crippen LogP contribution in [0.25, 0.3) is 22.3 Å². The minimum absolute atomic E-state index is 0.125. The van der Waals surface area contributed by atoms with E-state index in [0.717, 1.165) is 35.5 Å². The summed E-state index contributed by atoms with van der Waals surface area (Å²) in [6, 6.07) is 11.0. The second-order valence-corrected chi connectivity index (χ2v) is 9.25. The Morgan fingerprint density at radius 2 is 1.74 bits per heavy atom. The summed E-state index contributed by atoms with van der Waals surface area (Å²) in [6.45, 7) is 4.94. The van der Waals surface area contributed by atoms with Crippen LogP contribution in [0, 0.1) is 12.7 Å². The quantitative estimate of drug-likeness (QED) is 0.620. The van der Waals surface area contributed by atoms with Crippen molar-refractivity contribution < 1.29 is 9.18 Å². The van der Waals surface area contributed by atoms with Gasteiger partial charge in [-0.15, -0.1) is 0 Å². The topological polar surface area (TPSA) is 75.4 Å². The molecule has 6 nitrogen and oxygen atoms in total. The van der Waals surface area contributed by atoms with Gasteiger partial charge in [-0.1, -0.05) is 18.9 Å². The van der Waals surface area contributed by atoms with E-state index in [1.54, 1.807) is 29.4 Å². The molecule has 2 aliphatic rings. The second-order valence-electron chi connectivity index (χ2n) is 9.25. The zero-order valence-corrected chi connectivity index (χ0v) is 19.5. The van der Waals surface area contributed by atoms with Crippen molar-refractivity contribution in [3.05, 3.63) is 65.9 Å². The third-order valence-corrected chi connectivity index (χ3v) is 7.17. The van der Waals surface area contributed by atoms with Crippen LogP contribution in [0.2, 0.25) is 0 Å².